The van der Waals surface area contributed by atoms with Crippen LogP contribution in [0.5, 0.6) is 0 Å². The smallest absolute Gasteiger partial charge is 0.416 e. The normalized spacial score (nSPS) is 18.8. The molecular formula is C22H19F3N2O2. The lowest BCUT2D eigenvalue weighted by atomic mass is 9.95. The molecule has 2 atom stereocenters. The van der Waals surface area contributed by atoms with Crippen molar-refractivity contribution >= 4 is 16.9 Å². The summed E-state index contributed by atoms with van der Waals surface area (Å²) in [6.45, 7) is 0.551. The lowest BCUT2D eigenvalue weighted by Crippen LogP contribution is -2.39. The SMILES string of the molecule is O=C(O)C1CCCN1C(c1ccc(C(F)(F)F)cc1)c1cnc2ccccc2c1. The van der Waals surface area contributed by atoms with Crippen LogP contribution in [0.1, 0.15) is 35.6 Å². The number of alkyl halides is 3. The molecule has 4 rings (SSSR count). The number of aromatic nitrogens is 1. The quantitative estimate of drug-likeness (QED) is 0.677. The number of carbonyl (C=O) groups is 1. The van der Waals surface area contributed by atoms with Gasteiger partial charge in [0.1, 0.15) is 6.04 Å². The number of hydrogen-bond acceptors (Lipinski definition) is 3. The molecule has 1 saturated heterocycles. The summed E-state index contributed by atoms with van der Waals surface area (Å²) in [5.41, 5.74) is 1.45. The van der Waals surface area contributed by atoms with Crippen molar-refractivity contribution in [3.8, 4) is 0 Å². The van der Waals surface area contributed by atoms with Crippen molar-refractivity contribution in [3.05, 3.63) is 77.5 Å². The van der Waals surface area contributed by atoms with Crippen LogP contribution in [0, 0.1) is 0 Å². The van der Waals surface area contributed by atoms with Crippen LogP contribution in [0.25, 0.3) is 10.9 Å². The summed E-state index contributed by atoms with van der Waals surface area (Å²) in [5, 5.41) is 10.5. The fourth-order valence-corrected chi connectivity index (χ4v) is 4.03. The topological polar surface area (TPSA) is 53.4 Å². The first-order valence-corrected chi connectivity index (χ1v) is 9.35. The largest absolute Gasteiger partial charge is 0.480 e. The molecule has 2 heterocycles. The Balaban J connectivity index is 1.81. The summed E-state index contributed by atoms with van der Waals surface area (Å²) >= 11 is 0. The molecule has 0 bridgehead atoms. The van der Waals surface area contributed by atoms with Crippen molar-refractivity contribution in [1.82, 2.24) is 9.88 Å². The summed E-state index contributed by atoms with van der Waals surface area (Å²) in [7, 11) is 0. The number of benzene rings is 2. The lowest BCUT2D eigenvalue weighted by molar-refractivity contribution is -0.142. The summed E-state index contributed by atoms with van der Waals surface area (Å²) in [5.74, 6) is -0.923. The van der Waals surface area contributed by atoms with Gasteiger partial charge in [0.2, 0.25) is 0 Å². The van der Waals surface area contributed by atoms with E-state index in [0.717, 1.165) is 35.0 Å². The van der Waals surface area contributed by atoms with Crippen LogP contribution in [0.4, 0.5) is 13.2 Å². The van der Waals surface area contributed by atoms with Gasteiger partial charge in [-0.2, -0.15) is 13.2 Å². The van der Waals surface area contributed by atoms with Crippen LogP contribution in [0.2, 0.25) is 0 Å². The van der Waals surface area contributed by atoms with Crippen molar-refractivity contribution in [3.63, 3.8) is 0 Å². The van der Waals surface area contributed by atoms with Gasteiger partial charge in [-0.05, 0) is 48.2 Å². The number of fused-ring (bicyclic) bond motifs is 1. The van der Waals surface area contributed by atoms with E-state index in [1.165, 1.54) is 12.1 Å². The van der Waals surface area contributed by atoms with Crippen molar-refractivity contribution in [1.29, 1.82) is 0 Å². The molecule has 2 unspecified atom stereocenters. The molecule has 150 valence electrons. The van der Waals surface area contributed by atoms with E-state index < -0.39 is 29.8 Å². The molecule has 29 heavy (non-hydrogen) atoms. The van der Waals surface area contributed by atoms with Gasteiger partial charge in [-0.3, -0.25) is 14.7 Å². The third-order valence-electron chi connectivity index (χ3n) is 5.39. The zero-order valence-electron chi connectivity index (χ0n) is 15.4. The highest BCUT2D eigenvalue weighted by Gasteiger charge is 2.37. The van der Waals surface area contributed by atoms with E-state index in [1.807, 2.05) is 35.2 Å². The maximum absolute atomic E-state index is 13.0. The Kier molecular flexibility index (Phi) is 5.00. The van der Waals surface area contributed by atoms with Crippen LogP contribution in [-0.4, -0.2) is 33.5 Å². The summed E-state index contributed by atoms with van der Waals surface area (Å²) < 4.78 is 39.0. The fourth-order valence-electron chi connectivity index (χ4n) is 4.03. The Hall–Kier alpha value is -2.93. The molecular weight excluding hydrogens is 381 g/mol. The molecule has 3 aromatic rings. The summed E-state index contributed by atoms with van der Waals surface area (Å²) in [6.07, 6.45) is -1.51. The Morgan fingerprint density at radius 1 is 1.10 bits per heavy atom. The highest BCUT2D eigenvalue weighted by atomic mass is 19.4. The fraction of sp³-hybridized carbons (Fsp3) is 0.273. The average molecular weight is 400 g/mol. The van der Waals surface area contributed by atoms with Gasteiger partial charge in [-0.25, -0.2) is 0 Å². The second-order valence-corrected chi connectivity index (χ2v) is 7.22. The van der Waals surface area contributed by atoms with Gasteiger partial charge in [0.05, 0.1) is 17.1 Å². The van der Waals surface area contributed by atoms with Gasteiger partial charge in [0, 0.05) is 18.1 Å². The first kappa shape index (κ1) is 19.4. The Labute approximate surface area is 165 Å². The maximum atomic E-state index is 13.0. The summed E-state index contributed by atoms with van der Waals surface area (Å²) in [4.78, 5) is 18.1. The molecule has 0 amide bonds. The Morgan fingerprint density at radius 3 is 2.52 bits per heavy atom. The molecule has 1 N–H and O–H groups in total. The van der Waals surface area contributed by atoms with Crippen molar-refractivity contribution in [2.45, 2.75) is 31.1 Å². The number of nitrogens with zero attached hydrogens (tertiary/aromatic N) is 2. The maximum Gasteiger partial charge on any atom is 0.416 e. The molecule has 7 heteroatoms. The van der Waals surface area contributed by atoms with Gasteiger partial charge in [0.25, 0.3) is 0 Å². The number of hydrogen-bond donors (Lipinski definition) is 1. The second-order valence-electron chi connectivity index (χ2n) is 7.22. The van der Waals surface area contributed by atoms with E-state index in [0.29, 0.717) is 18.5 Å². The van der Waals surface area contributed by atoms with Crippen molar-refractivity contribution in [2.75, 3.05) is 6.54 Å². The second kappa shape index (κ2) is 7.48. The van der Waals surface area contributed by atoms with E-state index in [4.69, 9.17) is 0 Å². The number of carboxylic acid groups (broad SMARTS) is 1. The number of aliphatic carboxylic acids is 1. The standard InChI is InChI=1S/C22H19F3N2O2/c23-22(24,25)17-9-7-14(8-10-17)20(27-11-3-6-19(27)21(28)29)16-12-15-4-1-2-5-18(15)26-13-16/h1-2,4-5,7-10,12-13,19-20H,3,6,11H2,(H,28,29). The third-order valence-corrected chi connectivity index (χ3v) is 5.39. The van der Waals surface area contributed by atoms with Crippen LogP contribution in [0.15, 0.2) is 60.8 Å². The third kappa shape index (κ3) is 3.82. The van der Waals surface area contributed by atoms with E-state index in [1.54, 1.807) is 6.20 Å². The summed E-state index contributed by atoms with van der Waals surface area (Å²) in [6, 6.07) is 13.3. The minimum atomic E-state index is -4.42. The zero-order valence-corrected chi connectivity index (χ0v) is 15.4. The van der Waals surface area contributed by atoms with E-state index >= 15 is 0 Å². The van der Waals surface area contributed by atoms with E-state index in [9.17, 15) is 23.1 Å². The molecule has 1 fully saturated rings. The number of rotatable bonds is 4. The monoisotopic (exact) mass is 400 g/mol. The number of halogens is 3. The molecule has 0 saturated carbocycles. The highest BCUT2D eigenvalue weighted by Crippen LogP contribution is 2.37. The van der Waals surface area contributed by atoms with Crippen LogP contribution < -0.4 is 0 Å². The van der Waals surface area contributed by atoms with E-state index in [2.05, 4.69) is 4.98 Å². The van der Waals surface area contributed by atoms with Crippen LogP contribution in [-0.2, 0) is 11.0 Å². The minimum Gasteiger partial charge on any atom is -0.480 e. The van der Waals surface area contributed by atoms with E-state index in [-0.39, 0.29) is 0 Å². The predicted octanol–water partition coefficient (Wildman–Crippen LogP) is 4.89. The van der Waals surface area contributed by atoms with Gasteiger partial charge in [-0.15, -0.1) is 0 Å². The molecule has 2 aromatic carbocycles. The number of likely N-dealkylation sites (tertiary alicyclic amines) is 1. The molecule has 1 aliphatic rings. The Bertz CT molecular complexity index is 1030. The predicted molar refractivity (Wildman–Crippen MR) is 102 cm³/mol. The molecule has 1 aliphatic heterocycles. The van der Waals surface area contributed by atoms with Crippen molar-refractivity contribution < 1.29 is 23.1 Å². The number of pyridine rings is 1. The lowest BCUT2D eigenvalue weighted by Gasteiger charge is -2.32. The molecule has 0 spiro atoms. The van der Waals surface area contributed by atoms with Crippen molar-refractivity contribution in [2.24, 2.45) is 0 Å². The zero-order chi connectivity index (χ0) is 20.6. The van der Waals surface area contributed by atoms with Gasteiger partial charge in [-0.1, -0.05) is 30.3 Å². The van der Waals surface area contributed by atoms with Crippen LogP contribution in [0.3, 0.4) is 0 Å². The van der Waals surface area contributed by atoms with Crippen LogP contribution >= 0.6 is 0 Å². The molecule has 1 aromatic heterocycles. The molecule has 0 aliphatic carbocycles. The first-order chi connectivity index (χ1) is 13.8. The number of carboxylic acids is 1. The first-order valence-electron chi connectivity index (χ1n) is 9.35. The minimum absolute atomic E-state index is 0.488. The van der Waals surface area contributed by atoms with Gasteiger partial charge in [0.15, 0.2) is 0 Å². The Morgan fingerprint density at radius 2 is 1.83 bits per heavy atom. The molecule has 0 radical (unpaired) electrons. The van der Waals surface area contributed by atoms with Gasteiger partial charge < -0.3 is 5.11 Å². The average Bonchev–Trinajstić information content (AvgIpc) is 3.17. The highest BCUT2D eigenvalue weighted by molar-refractivity contribution is 5.79. The van der Waals surface area contributed by atoms with Gasteiger partial charge >= 0.3 is 12.1 Å². The molecule has 4 nitrogen and oxygen atoms in total. The number of para-hydroxylation sites is 1.